The molecule has 0 spiro atoms. The van der Waals surface area contributed by atoms with Crippen molar-refractivity contribution in [2.24, 2.45) is 0 Å². The Hall–Kier alpha value is -3.18. The lowest BCUT2D eigenvalue weighted by molar-refractivity contribution is 0.173. The number of hydrogen-bond donors (Lipinski definition) is 1. The van der Waals surface area contributed by atoms with Gasteiger partial charge in [0, 0.05) is 55.9 Å². The van der Waals surface area contributed by atoms with Crippen LogP contribution in [-0.2, 0) is 6.54 Å². The number of benzene rings is 1. The second-order valence-corrected chi connectivity index (χ2v) is 7.35. The minimum atomic E-state index is -0.384. The van der Waals surface area contributed by atoms with Crippen molar-refractivity contribution in [2.75, 3.05) is 19.0 Å². The molecule has 1 aromatic carbocycles. The van der Waals surface area contributed by atoms with E-state index in [-0.39, 0.29) is 6.10 Å². The summed E-state index contributed by atoms with van der Waals surface area (Å²) in [5.74, 6) is 0.945. The van der Waals surface area contributed by atoms with Crippen molar-refractivity contribution in [3.05, 3.63) is 67.1 Å². The van der Waals surface area contributed by atoms with Crippen LogP contribution in [0.3, 0.4) is 0 Å². The molecule has 28 heavy (non-hydrogen) atoms. The molecule has 142 valence electrons. The summed E-state index contributed by atoms with van der Waals surface area (Å²) in [6, 6.07) is 16.7. The van der Waals surface area contributed by atoms with Crippen molar-refractivity contribution >= 4 is 5.82 Å². The van der Waals surface area contributed by atoms with E-state index in [1.54, 1.807) is 6.92 Å². The molecule has 0 saturated heterocycles. The molecule has 0 unspecified atom stereocenters. The molecule has 0 saturated carbocycles. The first-order valence-corrected chi connectivity index (χ1v) is 9.38. The van der Waals surface area contributed by atoms with Crippen LogP contribution in [0.5, 0.6) is 0 Å². The molecule has 0 fully saturated rings. The molecular weight excluding hydrogens is 348 g/mol. The number of fused-ring (bicyclic) bond motifs is 1. The molecule has 1 N–H and O–H groups in total. The number of aliphatic hydroxyl groups excluding tert-OH is 1. The normalized spacial score (nSPS) is 12.3. The second-order valence-electron chi connectivity index (χ2n) is 7.35. The van der Waals surface area contributed by atoms with Crippen LogP contribution in [0.1, 0.15) is 6.92 Å². The average Bonchev–Trinajstić information content (AvgIpc) is 3.11. The van der Waals surface area contributed by atoms with Crippen LogP contribution in [0.4, 0.5) is 5.82 Å². The maximum atomic E-state index is 9.58. The Labute approximate surface area is 165 Å². The Kier molecular flexibility index (Phi) is 4.84. The lowest BCUT2D eigenvalue weighted by Crippen LogP contribution is -2.11. The van der Waals surface area contributed by atoms with Crippen LogP contribution in [0.15, 0.2) is 67.1 Å². The molecule has 2 aromatic rings. The van der Waals surface area contributed by atoms with Crippen LogP contribution in [0.25, 0.3) is 33.6 Å². The molecule has 5 heteroatoms. The van der Waals surface area contributed by atoms with Crippen molar-refractivity contribution < 1.29 is 5.11 Å². The van der Waals surface area contributed by atoms with Crippen molar-refractivity contribution in [2.45, 2.75) is 19.6 Å². The van der Waals surface area contributed by atoms with E-state index in [9.17, 15) is 5.11 Å². The van der Waals surface area contributed by atoms with E-state index in [0.29, 0.717) is 6.54 Å². The maximum Gasteiger partial charge on any atom is 0.127 e. The van der Waals surface area contributed by atoms with Crippen molar-refractivity contribution in [1.29, 1.82) is 0 Å². The monoisotopic (exact) mass is 372 g/mol. The van der Waals surface area contributed by atoms with E-state index < -0.39 is 0 Å². The van der Waals surface area contributed by atoms with E-state index in [0.717, 1.165) is 39.5 Å². The van der Waals surface area contributed by atoms with Gasteiger partial charge in [-0.2, -0.15) is 0 Å². The van der Waals surface area contributed by atoms with Crippen LogP contribution < -0.4 is 4.90 Å². The highest BCUT2D eigenvalue weighted by Gasteiger charge is 2.11. The van der Waals surface area contributed by atoms with Gasteiger partial charge in [0.05, 0.1) is 17.5 Å². The van der Waals surface area contributed by atoms with Gasteiger partial charge in [0.15, 0.2) is 0 Å². The predicted octanol–water partition coefficient (Wildman–Crippen LogP) is 4.16. The van der Waals surface area contributed by atoms with E-state index in [1.165, 1.54) is 0 Å². The molecule has 1 aromatic heterocycles. The number of aliphatic hydroxyl groups is 1. The molecule has 4 rings (SSSR count). The number of pyridine rings is 2. The molecule has 2 aliphatic heterocycles. The Balaban J connectivity index is 1.59. The highest BCUT2D eigenvalue weighted by molar-refractivity contribution is 5.75. The molecule has 3 heterocycles. The van der Waals surface area contributed by atoms with E-state index in [2.05, 4.69) is 41.4 Å². The standard InChI is InChI=1S/C23H24N4O/c1-16(28)14-27-11-10-19-12-21(25-22(19)15-27)18-6-4-17(5-7-18)20-8-9-23(24-13-20)26(2)3/h4-13,15-16,28H,14H2,1-3H3/t16-/m1/s1. The summed E-state index contributed by atoms with van der Waals surface area (Å²) >= 11 is 0. The third-order valence-corrected chi connectivity index (χ3v) is 4.76. The third-order valence-electron chi connectivity index (χ3n) is 4.76. The molecule has 0 radical (unpaired) electrons. The highest BCUT2D eigenvalue weighted by Crippen LogP contribution is 2.30. The maximum absolute atomic E-state index is 9.58. The van der Waals surface area contributed by atoms with Gasteiger partial charge in [0.25, 0.3) is 0 Å². The zero-order chi connectivity index (χ0) is 19.7. The van der Waals surface area contributed by atoms with Crippen molar-refractivity contribution in [1.82, 2.24) is 14.5 Å². The van der Waals surface area contributed by atoms with Crippen LogP contribution in [0, 0.1) is 0 Å². The summed E-state index contributed by atoms with van der Waals surface area (Å²) in [4.78, 5) is 11.2. The summed E-state index contributed by atoms with van der Waals surface area (Å²) in [7, 11) is 3.97. The number of nitrogens with zero attached hydrogens (tertiary/aromatic N) is 4. The minimum Gasteiger partial charge on any atom is -0.392 e. The van der Waals surface area contributed by atoms with Gasteiger partial charge in [0.2, 0.25) is 0 Å². The van der Waals surface area contributed by atoms with Crippen molar-refractivity contribution in [3.8, 4) is 33.6 Å². The third kappa shape index (κ3) is 3.75. The Morgan fingerprint density at radius 3 is 2.29 bits per heavy atom. The summed E-state index contributed by atoms with van der Waals surface area (Å²) in [6.07, 6.45) is 5.48. The predicted molar refractivity (Wildman–Crippen MR) is 114 cm³/mol. The van der Waals surface area contributed by atoms with Gasteiger partial charge in [0.1, 0.15) is 5.82 Å². The fraction of sp³-hybridized carbons (Fsp3) is 0.217. The lowest BCUT2D eigenvalue weighted by Gasteiger charge is -2.11. The minimum absolute atomic E-state index is 0.384. The fourth-order valence-corrected chi connectivity index (χ4v) is 3.28. The van der Waals surface area contributed by atoms with Crippen LogP contribution in [0.2, 0.25) is 0 Å². The number of aromatic nitrogens is 3. The molecule has 1 atom stereocenters. The molecule has 2 aliphatic rings. The fourth-order valence-electron chi connectivity index (χ4n) is 3.28. The molecule has 0 bridgehead atoms. The molecule has 5 nitrogen and oxygen atoms in total. The van der Waals surface area contributed by atoms with E-state index in [1.807, 2.05) is 54.3 Å². The number of hydrogen-bond acceptors (Lipinski definition) is 4. The highest BCUT2D eigenvalue weighted by atomic mass is 16.3. The first kappa shape index (κ1) is 18.2. The topological polar surface area (TPSA) is 54.2 Å². The van der Waals surface area contributed by atoms with Gasteiger partial charge in [-0.1, -0.05) is 24.3 Å². The molecule has 0 amide bonds. The first-order chi connectivity index (χ1) is 13.5. The van der Waals surface area contributed by atoms with Crippen LogP contribution in [-0.4, -0.2) is 39.8 Å². The summed E-state index contributed by atoms with van der Waals surface area (Å²) in [5.41, 5.74) is 6.30. The SMILES string of the molecule is C[C@@H](O)Cn1ccc2cc(-c3ccc(-c4ccc(N(C)C)nc4)cc3)nc-2c1. The largest absolute Gasteiger partial charge is 0.392 e. The van der Waals surface area contributed by atoms with E-state index >= 15 is 0 Å². The average molecular weight is 372 g/mol. The summed E-state index contributed by atoms with van der Waals surface area (Å²) in [5, 5.41) is 9.58. The van der Waals surface area contributed by atoms with Gasteiger partial charge in [-0.3, -0.25) is 0 Å². The lowest BCUT2D eigenvalue weighted by atomic mass is 10.0. The summed E-state index contributed by atoms with van der Waals surface area (Å²) in [6.45, 7) is 2.35. The zero-order valence-corrected chi connectivity index (χ0v) is 16.4. The number of anilines is 1. The van der Waals surface area contributed by atoms with E-state index in [4.69, 9.17) is 4.98 Å². The van der Waals surface area contributed by atoms with Gasteiger partial charge < -0.3 is 14.6 Å². The summed E-state index contributed by atoms with van der Waals surface area (Å²) < 4.78 is 1.97. The van der Waals surface area contributed by atoms with Gasteiger partial charge in [-0.25, -0.2) is 9.97 Å². The van der Waals surface area contributed by atoms with Gasteiger partial charge in [-0.05, 0) is 36.8 Å². The quantitative estimate of drug-likeness (QED) is 0.571. The smallest absolute Gasteiger partial charge is 0.127 e. The number of rotatable bonds is 5. The van der Waals surface area contributed by atoms with Crippen LogP contribution >= 0.6 is 0 Å². The van der Waals surface area contributed by atoms with Crippen molar-refractivity contribution in [3.63, 3.8) is 0 Å². The molecule has 0 aliphatic carbocycles. The first-order valence-electron chi connectivity index (χ1n) is 9.38. The molecular formula is C23H24N4O. The Morgan fingerprint density at radius 2 is 1.64 bits per heavy atom. The Morgan fingerprint density at radius 1 is 0.929 bits per heavy atom. The van der Waals surface area contributed by atoms with Gasteiger partial charge in [-0.15, -0.1) is 0 Å². The zero-order valence-electron chi connectivity index (χ0n) is 16.4. The second kappa shape index (κ2) is 7.44. The van der Waals surface area contributed by atoms with Gasteiger partial charge >= 0.3 is 0 Å². The Bertz CT molecular complexity index is 1030.